The molecule has 0 unspecified atom stereocenters. The second-order valence-electron chi connectivity index (χ2n) is 5.41. The number of H-pyrrole nitrogens is 1. The van der Waals surface area contributed by atoms with E-state index in [1.54, 1.807) is 6.92 Å². The zero-order chi connectivity index (χ0) is 17.3. The van der Waals surface area contributed by atoms with Crippen LogP contribution < -0.4 is 16.2 Å². The monoisotopic (exact) mass is 344 g/mol. The van der Waals surface area contributed by atoms with E-state index in [0.717, 1.165) is 17.2 Å². The van der Waals surface area contributed by atoms with Gasteiger partial charge < -0.3 is 10.6 Å². The number of aromatic nitrogens is 5. The van der Waals surface area contributed by atoms with Gasteiger partial charge in [0.2, 0.25) is 10.1 Å². The highest BCUT2D eigenvalue weighted by Gasteiger charge is 2.13. The largest absolute Gasteiger partial charge is 0.381 e. The molecule has 24 heavy (non-hydrogen) atoms. The maximum absolute atomic E-state index is 11.9. The van der Waals surface area contributed by atoms with Gasteiger partial charge in [-0.05, 0) is 19.8 Å². The number of hydrogen-bond acceptors (Lipinski definition) is 8. The Morgan fingerprint density at radius 3 is 3.08 bits per heavy atom. The highest BCUT2D eigenvalue weighted by atomic mass is 32.1. The number of hydrogen-bond donors (Lipinski definition) is 2. The van der Waals surface area contributed by atoms with Gasteiger partial charge >= 0.3 is 0 Å². The molecule has 0 bridgehead atoms. The number of nitriles is 1. The van der Waals surface area contributed by atoms with E-state index in [9.17, 15) is 4.79 Å². The fraction of sp³-hybridized carbons (Fsp3) is 0.357. The van der Waals surface area contributed by atoms with Crippen molar-refractivity contribution in [2.24, 2.45) is 0 Å². The van der Waals surface area contributed by atoms with Crippen LogP contribution in [-0.4, -0.2) is 38.4 Å². The summed E-state index contributed by atoms with van der Waals surface area (Å²) >= 11 is 1.37. The lowest BCUT2D eigenvalue weighted by Gasteiger charge is -2.14. The van der Waals surface area contributed by atoms with Crippen LogP contribution in [0, 0.1) is 18.3 Å². The Kier molecular flexibility index (Phi) is 4.18. The second kappa shape index (κ2) is 6.29. The molecule has 0 atom stereocenters. The Morgan fingerprint density at radius 2 is 2.33 bits per heavy atom. The summed E-state index contributed by atoms with van der Waals surface area (Å²) in [6.45, 7) is 2.49. The maximum Gasteiger partial charge on any atom is 0.275 e. The first-order valence-electron chi connectivity index (χ1n) is 7.31. The van der Waals surface area contributed by atoms with Crippen LogP contribution in [0.15, 0.2) is 10.9 Å². The molecule has 0 aliphatic heterocycles. The lowest BCUT2D eigenvalue weighted by molar-refractivity contribution is 0.754. The number of fused-ring (bicyclic) bond motifs is 1. The molecule has 0 radical (unpaired) electrons. The van der Waals surface area contributed by atoms with Gasteiger partial charge in [-0.15, -0.1) is 5.10 Å². The van der Waals surface area contributed by atoms with Crippen LogP contribution in [0.5, 0.6) is 0 Å². The summed E-state index contributed by atoms with van der Waals surface area (Å²) < 4.78 is 1.31. The number of nitrogens with two attached hydrogens (primary N) is 1. The van der Waals surface area contributed by atoms with Gasteiger partial charge in [-0.25, -0.2) is 4.98 Å². The third kappa shape index (κ3) is 2.93. The maximum atomic E-state index is 11.9. The number of aromatic amines is 1. The normalized spacial score (nSPS) is 10.9. The number of nitrogens with zero attached hydrogens (tertiary/aromatic N) is 6. The fourth-order valence-electron chi connectivity index (χ4n) is 2.35. The van der Waals surface area contributed by atoms with Crippen molar-refractivity contribution in [2.75, 3.05) is 24.2 Å². The van der Waals surface area contributed by atoms with Crippen molar-refractivity contribution in [3.05, 3.63) is 33.4 Å². The minimum Gasteiger partial charge on any atom is -0.381 e. The van der Waals surface area contributed by atoms with Crippen LogP contribution in [0.25, 0.3) is 4.96 Å². The Bertz CT molecular complexity index is 979. The average molecular weight is 344 g/mol. The molecule has 0 amide bonds. The standard InChI is InChI=1S/C14H16N8OS/c1-8-6-11(23)22-13(17-8)24-14(20-22)21(2)5-3-4-10-9(7-15)12(16)19-18-10/h6H,3-5H2,1-2H3,(H3,16,18,19). The van der Waals surface area contributed by atoms with Gasteiger partial charge in [0, 0.05) is 25.4 Å². The minimum absolute atomic E-state index is 0.181. The van der Waals surface area contributed by atoms with E-state index in [-0.39, 0.29) is 11.4 Å². The van der Waals surface area contributed by atoms with Crippen molar-refractivity contribution in [1.82, 2.24) is 24.8 Å². The van der Waals surface area contributed by atoms with Gasteiger partial charge in [-0.3, -0.25) is 9.89 Å². The molecule has 0 fully saturated rings. The fourth-order valence-corrected chi connectivity index (χ4v) is 3.29. The van der Waals surface area contributed by atoms with E-state index >= 15 is 0 Å². The topological polar surface area (TPSA) is 129 Å². The quantitative estimate of drug-likeness (QED) is 0.697. The van der Waals surface area contributed by atoms with E-state index in [0.29, 0.717) is 29.2 Å². The Labute approximate surface area is 141 Å². The number of nitrogens with one attached hydrogen (secondary N) is 1. The predicted octanol–water partition coefficient (Wildman–Crippen LogP) is 0.705. The van der Waals surface area contributed by atoms with Gasteiger partial charge in [-0.2, -0.15) is 14.9 Å². The summed E-state index contributed by atoms with van der Waals surface area (Å²) in [5.41, 5.74) is 7.26. The molecular weight excluding hydrogens is 328 g/mol. The van der Waals surface area contributed by atoms with Crippen LogP contribution in [0.2, 0.25) is 0 Å². The van der Waals surface area contributed by atoms with Crippen molar-refractivity contribution < 1.29 is 0 Å². The summed E-state index contributed by atoms with van der Waals surface area (Å²) in [6.07, 6.45) is 1.43. The molecule has 0 aliphatic carbocycles. The molecule has 0 aromatic carbocycles. The van der Waals surface area contributed by atoms with Crippen molar-refractivity contribution >= 4 is 27.2 Å². The van der Waals surface area contributed by atoms with Gasteiger partial charge in [0.05, 0.1) is 5.69 Å². The van der Waals surface area contributed by atoms with Gasteiger partial charge in [0.25, 0.3) is 5.56 Å². The van der Waals surface area contributed by atoms with Crippen molar-refractivity contribution in [2.45, 2.75) is 19.8 Å². The Morgan fingerprint density at radius 1 is 1.54 bits per heavy atom. The van der Waals surface area contributed by atoms with Gasteiger partial charge in [-0.1, -0.05) is 11.3 Å². The molecule has 124 valence electrons. The van der Waals surface area contributed by atoms with Crippen LogP contribution in [-0.2, 0) is 6.42 Å². The lowest BCUT2D eigenvalue weighted by atomic mass is 10.1. The molecular formula is C14H16N8OS. The molecule has 0 saturated carbocycles. The first-order chi connectivity index (χ1) is 11.5. The molecule has 10 heteroatoms. The molecule has 0 spiro atoms. The molecule has 3 rings (SSSR count). The highest BCUT2D eigenvalue weighted by Crippen LogP contribution is 2.21. The average Bonchev–Trinajstić information content (AvgIpc) is 3.11. The molecule has 3 N–H and O–H groups in total. The minimum atomic E-state index is -0.181. The molecule has 9 nitrogen and oxygen atoms in total. The summed E-state index contributed by atoms with van der Waals surface area (Å²) in [6, 6.07) is 3.51. The Hall–Kier alpha value is -2.93. The predicted molar refractivity (Wildman–Crippen MR) is 91.2 cm³/mol. The Balaban J connectivity index is 1.69. The summed E-state index contributed by atoms with van der Waals surface area (Å²) in [5, 5.41) is 20.7. The first-order valence-corrected chi connectivity index (χ1v) is 8.12. The van der Waals surface area contributed by atoms with Gasteiger partial charge in [0.1, 0.15) is 11.6 Å². The van der Waals surface area contributed by atoms with E-state index in [4.69, 9.17) is 11.0 Å². The third-order valence-electron chi connectivity index (χ3n) is 3.59. The smallest absolute Gasteiger partial charge is 0.275 e. The molecule has 3 heterocycles. The van der Waals surface area contributed by atoms with Crippen LogP contribution in [0.3, 0.4) is 0 Å². The lowest BCUT2D eigenvalue weighted by Crippen LogP contribution is -2.20. The van der Waals surface area contributed by atoms with Crippen molar-refractivity contribution in [3.8, 4) is 6.07 Å². The van der Waals surface area contributed by atoms with Gasteiger partial charge in [0.15, 0.2) is 5.82 Å². The number of anilines is 2. The SMILES string of the molecule is Cc1cc(=O)n2nc(N(C)CCCc3[nH]nc(N)c3C#N)sc2n1. The zero-order valence-electron chi connectivity index (χ0n) is 13.3. The zero-order valence-corrected chi connectivity index (χ0v) is 14.1. The van der Waals surface area contributed by atoms with Crippen LogP contribution >= 0.6 is 11.3 Å². The van der Waals surface area contributed by atoms with Crippen molar-refractivity contribution in [3.63, 3.8) is 0 Å². The second-order valence-corrected chi connectivity index (χ2v) is 6.35. The van der Waals surface area contributed by atoms with Crippen LogP contribution in [0.4, 0.5) is 10.9 Å². The van der Waals surface area contributed by atoms with E-state index in [2.05, 4.69) is 26.3 Å². The van der Waals surface area contributed by atoms with Crippen LogP contribution in [0.1, 0.15) is 23.4 Å². The highest BCUT2D eigenvalue weighted by molar-refractivity contribution is 7.20. The third-order valence-corrected chi connectivity index (χ3v) is 4.61. The molecule has 3 aromatic rings. The number of rotatable bonds is 5. The number of aryl methyl sites for hydroxylation is 2. The summed E-state index contributed by atoms with van der Waals surface area (Å²) in [7, 11) is 1.90. The number of nitrogen functional groups attached to an aromatic ring is 1. The van der Waals surface area contributed by atoms with E-state index < -0.39 is 0 Å². The van der Waals surface area contributed by atoms with Crippen molar-refractivity contribution in [1.29, 1.82) is 5.26 Å². The van der Waals surface area contributed by atoms with E-state index in [1.165, 1.54) is 21.9 Å². The molecule has 0 saturated heterocycles. The molecule has 3 aromatic heterocycles. The summed E-state index contributed by atoms with van der Waals surface area (Å²) in [4.78, 5) is 18.8. The van der Waals surface area contributed by atoms with E-state index in [1.807, 2.05) is 11.9 Å². The molecule has 0 aliphatic rings. The summed E-state index contributed by atoms with van der Waals surface area (Å²) in [5.74, 6) is 0.229. The first kappa shape index (κ1) is 15.9.